The molecule has 0 unspecified atom stereocenters. The highest BCUT2D eigenvalue weighted by Crippen LogP contribution is 2.25. The fourth-order valence-corrected chi connectivity index (χ4v) is 3.33. The quantitative estimate of drug-likeness (QED) is 0.914. The predicted molar refractivity (Wildman–Crippen MR) is 85.6 cm³/mol. The van der Waals surface area contributed by atoms with Crippen LogP contribution >= 0.6 is 0 Å². The predicted octanol–water partition coefficient (Wildman–Crippen LogP) is 1.62. The van der Waals surface area contributed by atoms with Crippen LogP contribution in [-0.2, 0) is 7.05 Å². The van der Waals surface area contributed by atoms with Crippen LogP contribution in [0.5, 0.6) is 0 Å². The summed E-state index contributed by atoms with van der Waals surface area (Å²) in [5.41, 5.74) is 8.36. The van der Waals surface area contributed by atoms with Crippen LogP contribution < -0.4 is 5.73 Å². The third-order valence-corrected chi connectivity index (χ3v) is 4.48. The largest absolute Gasteiger partial charge is 0.334 e. The lowest BCUT2D eigenvalue weighted by molar-refractivity contribution is 0.0585. The zero-order valence-electron chi connectivity index (χ0n) is 13.4. The molecule has 1 fully saturated rings. The van der Waals surface area contributed by atoms with Crippen LogP contribution in [0.25, 0.3) is 11.0 Å². The van der Waals surface area contributed by atoms with Gasteiger partial charge in [-0.25, -0.2) is 4.98 Å². The Morgan fingerprint density at radius 1 is 1.45 bits per heavy atom. The average molecular weight is 301 g/mol. The van der Waals surface area contributed by atoms with E-state index in [9.17, 15) is 4.79 Å². The monoisotopic (exact) mass is 301 g/mol. The summed E-state index contributed by atoms with van der Waals surface area (Å²) in [5, 5.41) is 5.05. The smallest absolute Gasteiger partial charge is 0.255 e. The van der Waals surface area contributed by atoms with Crippen molar-refractivity contribution in [3.63, 3.8) is 0 Å². The molecule has 0 aromatic carbocycles. The van der Waals surface area contributed by atoms with Crippen LogP contribution in [0.15, 0.2) is 12.3 Å². The van der Waals surface area contributed by atoms with Crippen molar-refractivity contribution in [2.75, 3.05) is 6.54 Å². The molecule has 1 aliphatic heterocycles. The number of carbonyl (C=O) groups is 1. The number of pyridine rings is 1. The number of rotatable bonds is 2. The highest BCUT2D eigenvalue weighted by Gasteiger charge is 2.31. The van der Waals surface area contributed by atoms with Crippen molar-refractivity contribution < 1.29 is 4.79 Å². The first-order valence-electron chi connectivity index (χ1n) is 7.85. The van der Waals surface area contributed by atoms with E-state index in [-0.39, 0.29) is 18.0 Å². The Labute approximate surface area is 130 Å². The Bertz CT molecular complexity index is 706. The van der Waals surface area contributed by atoms with Crippen molar-refractivity contribution >= 4 is 16.9 Å². The first kappa shape index (κ1) is 15.0. The molecular weight excluding hydrogens is 278 g/mol. The molecule has 3 heterocycles. The van der Waals surface area contributed by atoms with Crippen LogP contribution in [0, 0.1) is 6.92 Å². The van der Waals surface area contributed by atoms with Crippen LogP contribution in [-0.4, -0.2) is 44.2 Å². The summed E-state index contributed by atoms with van der Waals surface area (Å²) in [6.45, 7) is 4.66. The summed E-state index contributed by atoms with van der Waals surface area (Å²) in [6, 6.07) is 1.96. The Hall–Kier alpha value is -1.95. The Morgan fingerprint density at radius 3 is 2.95 bits per heavy atom. The van der Waals surface area contributed by atoms with Gasteiger partial charge in [0.2, 0.25) is 0 Å². The van der Waals surface area contributed by atoms with Crippen LogP contribution in [0.1, 0.15) is 42.2 Å². The second kappa shape index (κ2) is 5.68. The fraction of sp³-hybridized carbons (Fsp3) is 0.562. The summed E-state index contributed by atoms with van der Waals surface area (Å²) in [5.74, 6) is 0.0468. The molecule has 2 atom stereocenters. The molecule has 0 bridgehead atoms. The van der Waals surface area contributed by atoms with Crippen LogP contribution in [0.3, 0.4) is 0 Å². The van der Waals surface area contributed by atoms with Gasteiger partial charge in [0.05, 0.1) is 17.1 Å². The van der Waals surface area contributed by atoms with Gasteiger partial charge in [0.15, 0.2) is 5.65 Å². The molecule has 3 rings (SSSR count). The maximum absolute atomic E-state index is 13.1. The lowest BCUT2D eigenvalue weighted by Crippen LogP contribution is -2.51. The highest BCUT2D eigenvalue weighted by molar-refractivity contribution is 6.05. The van der Waals surface area contributed by atoms with Gasteiger partial charge in [0.1, 0.15) is 0 Å². The molecule has 118 valence electrons. The third-order valence-electron chi connectivity index (χ3n) is 4.48. The van der Waals surface area contributed by atoms with E-state index in [0.717, 1.165) is 42.5 Å². The second-order valence-corrected chi connectivity index (χ2v) is 6.24. The van der Waals surface area contributed by atoms with Crippen molar-refractivity contribution in [2.24, 2.45) is 12.8 Å². The molecule has 1 aliphatic rings. The number of carbonyl (C=O) groups excluding carboxylic acids is 1. The number of aryl methyl sites for hydroxylation is 2. The number of nitrogens with zero attached hydrogens (tertiary/aromatic N) is 4. The number of hydrogen-bond acceptors (Lipinski definition) is 4. The minimum atomic E-state index is -0.0171. The number of aromatic nitrogens is 3. The number of likely N-dealkylation sites (tertiary alicyclic amines) is 1. The van der Waals surface area contributed by atoms with E-state index in [0.29, 0.717) is 5.56 Å². The average Bonchev–Trinajstić information content (AvgIpc) is 2.87. The SMILES string of the molecule is Cc1cc(C(=O)N2CCCC[C@H]2[C@@H](C)N)c2cnn(C)c2n1. The lowest BCUT2D eigenvalue weighted by atomic mass is 9.95. The highest BCUT2D eigenvalue weighted by atomic mass is 16.2. The summed E-state index contributed by atoms with van der Waals surface area (Å²) in [6.07, 6.45) is 4.87. The normalized spacial score (nSPS) is 20.4. The van der Waals surface area contributed by atoms with Gasteiger partial charge in [-0.2, -0.15) is 5.10 Å². The molecule has 22 heavy (non-hydrogen) atoms. The van der Waals surface area contributed by atoms with Gasteiger partial charge in [0, 0.05) is 31.4 Å². The maximum atomic E-state index is 13.1. The minimum absolute atomic E-state index is 0.0171. The molecule has 0 aliphatic carbocycles. The molecule has 2 N–H and O–H groups in total. The molecule has 0 spiro atoms. The molecule has 1 saturated heterocycles. The number of fused-ring (bicyclic) bond motifs is 1. The minimum Gasteiger partial charge on any atom is -0.334 e. The summed E-state index contributed by atoms with van der Waals surface area (Å²) in [4.78, 5) is 19.5. The summed E-state index contributed by atoms with van der Waals surface area (Å²) < 4.78 is 1.71. The van der Waals surface area contributed by atoms with Crippen molar-refractivity contribution in [3.8, 4) is 0 Å². The lowest BCUT2D eigenvalue weighted by Gasteiger charge is -2.38. The Balaban J connectivity index is 2.04. The van der Waals surface area contributed by atoms with Crippen molar-refractivity contribution in [2.45, 2.75) is 45.2 Å². The van der Waals surface area contributed by atoms with E-state index in [1.165, 1.54) is 0 Å². The molecule has 0 radical (unpaired) electrons. The van der Waals surface area contributed by atoms with E-state index < -0.39 is 0 Å². The van der Waals surface area contributed by atoms with Crippen molar-refractivity contribution in [3.05, 3.63) is 23.5 Å². The molecule has 6 nitrogen and oxygen atoms in total. The first-order valence-corrected chi connectivity index (χ1v) is 7.85. The molecular formula is C16H23N5O. The number of amides is 1. The van der Waals surface area contributed by atoms with Gasteiger partial charge in [0.25, 0.3) is 5.91 Å². The fourth-order valence-electron chi connectivity index (χ4n) is 3.33. The van der Waals surface area contributed by atoms with Gasteiger partial charge >= 0.3 is 0 Å². The van der Waals surface area contributed by atoms with Gasteiger partial charge in [-0.3, -0.25) is 9.48 Å². The van der Waals surface area contributed by atoms with E-state index in [4.69, 9.17) is 5.73 Å². The Morgan fingerprint density at radius 2 is 2.23 bits per heavy atom. The zero-order chi connectivity index (χ0) is 15.9. The summed E-state index contributed by atoms with van der Waals surface area (Å²) >= 11 is 0. The van der Waals surface area contributed by atoms with E-state index >= 15 is 0 Å². The number of hydrogen-bond donors (Lipinski definition) is 1. The van der Waals surface area contributed by atoms with E-state index in [1.54, 1.807) is 10.9 Å². The zero-order valence-corrected chi connectivity index (χ0v) is 13.4. The standard InChI is InChI=1S/C16H23N5O/c1-10-8-12(13-9-18-20(3)15(13)19-10)16(22)21-7-5-4-6-14(21)11(2)17/h8-9,11,14H,4-7,17H2,1-3H3/t11-,14+/m1/s1. The topological polar surface area (TPSA) is 77.0 Å². The van der Waals surface area contributed by atoms with E-state index in [1.807, 2.05) is 31.9 Å². The van der Waals surface area contributed by atoms with Gasteiger partial charge in [-0.05, 0) is 39.2 Å². The molecule has 2 aromatic rings. The molecule has 6 heteroatoms. The maximum Gasteiger partial charge on any atom is 0.255 e. The molecule has 0 saturated carbocycles. The number of piperidine rings is 1. The Kier molecular flexibility index (Phi) is 3.87. The van der Waals surface area contributed by atoms with Crippen molar-refractivity contribution in [1.82, 2.24) is 19.7 Å². The van der Waals surface area contributed by atoms with Crippen molar-refractivity contribution in [1.29, 1.82) is 0 Å². The molecule has 1 amide bonds. The number of nitrogens with two attached hydrogens (primary N) is 1. The van der Waals surface area contributed by atoms with Gasteiger partial charge in [-0.1, -0.05) is 0 Å². The second-order valence-electron chi connectivity index (χ2n) is 6.24. The summed E-state index contributed by atoms with van der Waals surface area (Å²) in [7, 11) is 1.84. The van der Waals surface area contributed by atoms with Gasteiger partial charge < -0.3 is 10.6 Å². The van der Waals surface area contributed by atoms with E-state index in [2.05, 4.69) is 10.1 Å². The third kappa shape index (κ3) is 2.47. The van der Waals surface area contributed by atoms with Crippen LogP contribution in [0.2, 0.25) is 0 Å². The first-order chi connectivity index (χ1) is 10.5. The van der Waals surface area contributed by atoms with Gasteiger partial charge in [-0.15, -0.1) is 0 Å². The van der Waals surface area contributed by atoms with Crippen LogP contribution in [0.4, 0.5) is 0 Å². The molecule has 2 aromatic heterocycles.